The molecule has 2 rings (SSSR count). The first-order valence-corrected chi connectivity index (χ1v) is 5.29. The number of aryl methyl sites for hydroxylation is 2. The molecular formula is C13H15N3. The van der Waals surface area contributed by atoms with Crippen LogP contribution in [0.5, 0.6) is 0 Å². The van der Waals surface area contributed by atoms with Gasteiger partial charge in [0.05, 0.1) is 0 Å². The van der Waals surface area contributed by atoms with Crippen molar-refractivity contribution >= 4 is 5.69 Å². The average Bonchev–Trinajstić information content (AvgIpc) is 2.20. The maximum absolute atomic E-state index is 5.90. The lowest BCUT2D eigenvalue weighted by atomic mass is 10.1. The predicted octanol–water partition coefficient (Wildman–Crippen LogP) is 2.27. The summed E-state index contributed by atoms with van der Waals surface area (Å²) in [5.41, 5.74) is 9.84. The normalized spacial score (nSPS) is 10.4. The molecule has 1 aromatic carbocycles. The molecule has 0 saturated heterocycles. The molecule has 1 aromatic heterocycles. The Morgan fingerprint density at radius 3 is 2.56 bits per heavy atom. The molecule has 0 aliphatic carbocycles. The first-order chi connectivity index (χ1) is 7.65. The van der Waals surface area contributed by atoms with Gasteiger partial charge in [0.15, 0.2) is 0 Å². The quantitative estimate of drug-likeness (QED) is 0.778. The Labute approximate surface area is 95.4 Å². The van der Waals surface area contributed by atoms with Gasteiger partial charge in [-0.15, -0.1) is 0 Å². The number of aromatic nitrogens is 2. The molecule has 0 amide bonds. The number of hydrogen-bond donors (Lipinski definition) is 1. The summed E-state index contributed by atoms with van der Waals surface area (Å²) in [6.07, 6.45) is 0.761. The molecule has 0 unspecified atom stereocenters. The Balaban J connectivity index is 2.30. The van der Waals surface area contributed by atoms with Crippen molar-refractivity contribution < 1.29 is 0 Å². The molecule has 2 N–H and O–H groups in total. The Morgan fingerprint density at radius 1 is 1.12 bits per heavy atom. The van der Waals surface area contributed by atoms with Gasteiger partial charge in [-0.25, -0.2) is 9.97 Å². The van der Waals surface area contributed by atoms with E-state index < -0.39 is 0 Å². The molecule has 0 aliphatic heterocycles. The van der Waals surface area contributed by atoms with E-state index in [0.717, 1.165) is 34.9 Å². The van der Waals surface area contributed by atoms with Crippen LogP contribution in [0.15, 0.2) is 30.3 Å². The van der Waals surface area contributed by atoms with Crippen LogP contribution < -0.4 is 5.73 Å². The van der Waals surface area contributed by atoms with Gasteiger partial charge in [-0.1, -0.05) is 18.2 Å². The van der Waals surface area contributed by atoms with Gasteiger partial charge in [-0.3, -0.25) is 0 Å². The maximum Gasteiger partial charge on any atom is 0.125 e. The summed E-state index contributed by atoms with van der Waals surface area (Å²) in [5, 5.41) is 0. The summed E-state index contributed by atoms with van der Waals surface area (Å²) in [4.78, 5) is 8.66. The number of nitrogens with zero attached hydrogens (tertiary/aromatic N) is 2. The summed E-state index contributed by atoms with van der Waals surface area (Å²) >= 11 is 0. The third kappa shape index (κ3) is 2.37. The zero-order chi connectivity index (χ0) is 11.5. The lowest BCUT2D eigenvalue weighted by molar-refractivity contribution is 0.943. The largest absolute Gasteiger partial charge is 0.398 e. The highest BCUT2D eigenvalue weighted by molar-refractivity contribution is 5.47. The van der Waals surface area contributed by atoms with Crippen molar-refractivity contribution in [2.45, 2.75) is 20.3 Å². The second-order valence-electron chi connectivity index (χ2n) is 3.92. The van der Waals surface area contributed by atoms with Crippen molar-refractivity contribution in [2.24, 2.45) is 0 Å². The molecule has 0 saturated carbocycles. The van der Waals surface area contributed by atoms with Gasteiger partial charge in [0, 0.05) is 23.5 Å². The number of hydrogen-bond acceptors (Lipinski definition) is 3. The topological polar surface area (TPSA) is 51.8 Å². The highest BCUT2D eigenvalue weighted by Gasteiger charge is 2.03. The Morgan fingerprint density at radius 2 is 1.88 bits per heavy atom. The van der Waals surface area contributed by atoms with Crippen LogP contribution in [0.4, 0.5) is 5.69 Å². The molecular weight excluding hydrogens is 198 g/mol. The minimum Gasteiger partial charge on any atom is -0.398 e. The molecule has 0 aliphatic rings. The van der Waals surface area contributed by atoms with E-state index in [1.807, 2.05) is 44.2 Å². The van der Waals surface area contributed by atoms with Crippen LogP contribution in [0.2, 0.25) is 0 Å². The fourth-order valence-electron chi connectivity index (χ4n) is 1.77. The van der Waals surface area contributed by atoms with Crippen LogP contribution >= 0.6 is 0 Å². The fourth-order valence-corrected chi connectivity index (χ4v) is 1.77. The van der Waals surface area contributed by atoms with E-state index in [1.54, 1.807) is 0 Å². The third-order valence-corrected chi connectivity index (χ3v) is 2.45. The van der Waals surface area contributed by atoms with E-state index in [9.17, 15) is 0 Å². The van der Waals surface area contributed by atoms with Crippen LogP contribution in [-0.4, -0.2) is 9.97 Å². The first-order valence-electron chi connectivity index (χ1n) is 5.29. The number of nitrogen functional groups attached to an aromatic ring is 1. The van der Waals surface area contributed by atoms with Gasteiger partial charge in [0.25, 0.3) is 0 Å². The molecule has 0 atom stereocenters. The number of anilines is 1. The monoisotopic (exact) mass is 213 g/mol. The highest BCUT2D eigenvalue weighted by atomic mass is 14.9. The summed E-state index contributed by atoms with van der Waals surface area (Å²) in [6, 6.07) is 9.87. The molecule has 2 aromatic rings. The van der Waals surface area contributed by atoms with Crippen LogP contribution in [-0.2, 0) is 6.42 Å². The van der Waals surface area contributed by atoms with Crippen molar-refractivity contribution in [3.05, 3.63) is 53.1 Å². The molecule has 0 spiro atoms. The van der Waals surface area contributed by atoms with Gasteiger partial charge in [-0.2, -0.15) is 0 Å². The number of benzene rings is 1. The SMILES string of the molecule is Cc1cc(Cc2ccccc2N)nc(C)n1. The zero-order valence-corrected chi connectivity index (χ0v) is 9.57. The minimum atomic E-state index is 0.761. The van der Waals surface area contributed by atoms with Crippen LogP contribution in [0, 0.1) is 13.8 Å². The van der Waals surface area contributed by atoms with Crippen LogP contribution in [0.1, 0.15) is 22.8 Å². The Hall–Kier alpha value is -1.90. The van der Waals surface area contributed by atoms with Gasteiger partial charge in [0.1, 0.15) is 5.82 Å². The van der Waals surface area contributed by atoms with Crippen molar-refractivity contribution in [3.8, 4) is 0 Å². The lowest BCUT2D eigenvalue weighted by Gasteiger charge is -2.06. The second kappa shape index (κ2) is 4.31. The Kier molecular flexibility index (Phi) is 2.86. The maximum atomic E-state index is 5.90. The molecule has 3 nitrogen and oxygen atoms in total. The Bertz CT molecular complexity index is 486. The molecule has 0 bridgehead atoms. The summed E-state index contributed by atoms with van der Waals surface area (Å²) in [7, 11) is 0. The average molecular weight is 213 g/mol. The zero-order valence-electron chi connectivity index (χ0n) is 9.57. The highest BCUT2D eigenvalue weighted by Crippen LogP contribution is 2.15. The summed E-state index contributed by atoms with van der Waals surface area (Å²) in [6.45, 7) is 3.89. The summed E-state index contributed by atoms with van der Waals surface area (Å²) in [5.74, 6) is 0.810. The van der Waals surface area contributed by atoms with E-state index in [-0.39, 0.29) is 0 Å². The number of para-hydroxylation sites is 1. The van der Waals surface area contributed by atoms with Crippen molar-refractivity contribution in [2.75, 3.05) is 5.73 Å². The van der Waals surface area contributed by atoms with Crippen LogP contribution in [0.3, 0.4) is 0 Å². The van der Waals surface area contributed by atoms with Gasteiger partial charge in [0.2, 0.25) is 0 Å². The molecule has 16 heavy (non-hydrogen) atoms. The molecule has 0 radical (unpaired) electrons. The van der Waals surface area contributed by atoms with Gasteiger partial charge >= 0.3 is 0 Å². The molecule has 82 valence electrons. The molecule has 0 fully saturated rings. The minimum absolute atomic E-state index is 0.761. The van der Waals surface area contributed by atoms with E-state index in [0.29, 0.717) is 0 Å². The fraction of sp³-hybridized carbons (Fsp3) is 0.231. The van der Waals surface area contributed by atoms with Gasteiger partial charge < -0.3 is 5.73 Å². The molecule has 3 heteroatoms. The van der Waals surface area contributed by atoms with E-state index in [2.05, 4.69) is 9.97 Å². The number of rotatable bonds is 2. The van der Waals surface area contributed by atoms with E-state index in [1.165, 1.54) is 0 Å². The van der Waals surface area contributed by atoms with Crippen molar-refractivity contribution in [1.29, 1.82) is 0 Å². The van der Waals surface area contributed by atoms with Crippen LogP contribution in [0.25, 0.3) is 0 Å². The smallest absolute Gasteiger partial charge is 0.125 e. The second-order valence-corrected chi connectivity index (χ2v) is 3.92. The lowest BCUT2D eigenvalue weighted by Crippen LogP contribution is -2.00. The predicted molar refractivity (Wildman–Crippen MR) is 65.2 cm³/mol. The van der Waals surface area contributed by atoms with Crippen molar-refractivity contribution in [3.63, 3.8) is 0 Å². The van der Waals surface area contributed by atoms with Gasteiger partial charge in [-0.05, 0) is 31.5 Å². The standard InChI is InChI=1S/C13H15N3/c1-9-7-12(16-10(2)15-9)8-11-5-3-4-6-13(11)14/h3-7H,8,14H2,1-2H3. The summed E-state index contributed by atoms with van der Waals surface area (Å²) < 4.78 is 0. The first kappa shape index (κ1) is 10.6. The number of nitrogens with two attached hydrogens (primary N) is 1. The van der Waals surface area contributed by atoms with E-state index >= 15 is 0 Å². The van der Waals surface area contributed by atoms with E-state index in [4.69, 9.17) is 5.73 Å². The molecule has 1 heterocycles. The third-order valence-electron chi connectivity index (χ3n) is 2.45. The van der Waals surface area contributed by atoms with Crippen molar-refractivity contribution in [1.82, 2.24) is 9.97 Å².